The third kappa shape index (κ3) is 4.01. The van der Waals surface area contributed by atoms with Crippen LogP contribution in [0.1, 0.15) is 11.1 Å². The molecule has 30 heavy (non-hydrogen) atoms. The smallest absolute Gasteiger partial charge is 0.307 e. The number of hydrogen-bond acceptors (Lipinski definition) is 3. The van der Waals surface area contributed by atoms with Gasteiger partial charge in [0.15, 0.2) is 0 Å². The minimum atomic E-state index is -0.820. The summed E-state index contributed by atoms with van der Waals surface area (Å²) in [5.41, 5.74) is 5.14. The number of nitrogens with zero attached hydrogens (tertiary/aromatic N) is 2. The van der Waals surface area contributed by atoms with Crippen LogP contribution < -0.4 is 9.64 Å². The summed E-state index contributed by atoms with van der Waals surface area (Å²) < 4.78 is 7.47. The molecule has 1 aromatic heterocycles. The molecular formula is C25H24N2O3. The molecule has 0 aliphatic carbocycles. The third-order valence-corrected chi connectivity index (χ3v) is 5.30. The van der Waals surface area contributed by atoms with E-state index in [2.05, 4.69) is 27.7 Å². The van der Waals surface area contributed by atoms with Gasteiger partial charge in [-0.15, -0.1) is 0 Å². The number of para-hydroxylation sites is 1. The van der Waals surface area contributed by atoms with Gasteiger partial charge in [-0.2, -0.15) is 0 Å². The molecule has 0 aliphatic rings. The van der Waals surface area contributed by atoms with Crippen LogP contribution in [0.3, 0.4) is 0 Å². The highest BCUT2D eigenvalue weighted by atomic mass is 16.5. The van der Waals surface area contributed by atoms with E-state index >= 15 is 0 Å². The largest absolute Gasteiger partial charge is 0.497 e. The molecule has 5 heteroatoms. The van der Waals surface area contributed by atoms with Crippen LogP contribution in [-0.4, -0.2) is 29.8 Å². The molecule has 0 unspecified atom stereocenters. The van der Waals surface area contributed by atoms with Crippen LogP contribution >= 0.6 is 0 Å². The van der Waals surface area contributed by atoms with Gasteiger partial charge >= 0.3 is 5.97 Å². The average molecular weight is 400 g/mol. The van der Waals surface area contributed by atoms with Crippen molar-refractivity contribution < 1.29 is 14.6 Å². The highest BCUT2D eigenvalue weighted by molar-refractivity contribution is 5.87. The van der Waals surface area contributed by atoms with Crippen molar-refractivity contribution in [2.24, 2.45) is 0 Å². The number of fused-ring (bicyclic) bond motifs is 1. The van der Waals surface area contributed by atoms with E-state index in [4.69, 9.17) is 4.74 Å². The Hall–Kier alpha value is -3.73. The number of hydrogen-bond donors (Lipinski definition) is 1. The van der Waals surface area contributed by atoms with E-state index in [1.54, 1.807) is 7.11 Å². The van der Waals surface area contributed by atoms with Gasteiger partial charge in [0.1, 0.15) is 5.75 Å². The molecule has 0 spiro atoms. The molecule has 1 heterocycles. The number of benzene rings is 3. The van der Waals surface area contributed by atoms with Crippen LogP contribution in [0.5, 0.6) is 5.75 Å². The molecule has 1 N–H and O–H groups in total. The van der Waals surface area contributed by atoms with Crippen LogP contribution in [0.2, 0.25) is 0 Å². The Morgan fingerprint density at radius 2 is 1.73 bits per heavy atom. The maximum absolute atomic E-state index is 11.3. The van der Waals surface area contributed by atoms with Crippen LogP contribution in [0.15, 0.2) is 79.0 Å². The van der Waals surface area contributed by atoms with Crippen LogP contribution in [-0.2, 0) is 17.8 Å². The Labute approximate surface area is 175 Å². The first kappa shape index (κ1) is 19.6. The van der Waals surface area contributed by atoms with Crippen LogP contribution in [0.25, 0.3) is 10.9 Å². The summed E-state index contributed by atoms with van der Waals surface area (Å²) >= 11 is 0. The topological polar surface area (TPSA) is 54.7 Å². The molecule has 0 saturated heterocycles. The SMILES string of the molecule is COc1cccc(N(C)c2cccc(Cn3cc(CC(=O)O)c4ccccc43)c2)c1. The second kappa shape index (κ2) is 8.33. The number of carboxylic acids is 1. The van der Waals surface area contributed by atoms with Gasteiger partial charge in [-0.25, -0.2) is 0 Å². The van der Waals surface area contributed by atoms with Gasteiger partial charge in [0.05, 0.1) is 13.5 Å². The molecular weight excluding hydrogens is 376 g/mol. The number of carboxylic acid groups (broad SMARTS) is 1. The lowest BCUT2D eigenvalue weighted by molar-refractivity contribution is -0.136. The number of aromatic nitrogens is 1. The molecule has 0 bridgehead atoms. The monoisotopic (exact) mass is 400 g/mol. The predicted octanol–water partition coefficient (Wildman–Crippen LogP) is 5.09. The predicted molar refractivity (Wildman–Crippen MR) is 120 cm³/mol. The van der Waals surface area contributed by atoms with Gasteiger partial charge in [0.25, 0.3) is 0 Å². The zero-order chi connectivity index (χ0) is 21.1. The summed E-state index contributed by atoms with van der Waals surface area (Å²) in [6.45, 7) is 0.667. The van der Waals surface area contributed by atoms with Gasteiger partial charge in [-0.05, 0) is 41.5 Å². The lowest BCUT2D eigenvalue weighted by Gasteiger charge is -2.21. The van der Waals surface area contributed by atoms with Gasteiger partial charge in [0, 0.05) is 48.1 Å². The number of carbonyl (C=O) groups is 1. The number of anilines is 2. The van der Waals surface area contributed by atoms with Crippen molar-refractivity contribution in [1.82, 2.24) is 4.57 Å². The van der Waals surface area contributed by atoms with Crippen LogP contribution in [0.4, 0.5) is 11.4 Å². The minimum absolute atomic E-state index is 0.0200. The average Bonchev–Trinajstić information content (AvgIpc) is 3.10. The van der Waals surface area contributed by atoms with E-state index in [9.17, 15) is 9.90 Å². The summed E-state index contributed by atoms with van der Waals surface area (Å²) in [7, 11) is 3.70. The third-order valence-electron chi connectivity index (χ3n) is 5.30. The molecule has 0 amide bonds. The molecule has 0 aliphatic heterocycles. The van der Waals surface area contributed by atoms with E-state index in [0.29, 0.717) is 6.54 Å². The fourth-order valence-electron chi connectivity index (χ4n) is 3.79. The zero-order valence-electron chi connectivity index (χ0n) is 17.1. The van der Waals surface area contributed by atoms with Gasteiger partial charge in [-0.1, -0.05) is 36.4 Å². The summed E-state index contributed by atoms with van der Waals surface area (Å²) in [4.78, 5) is 13.4. The Balaban J connectivity index is 1.64. The molecule has 0 fully saturated rings. The summed E-state index contributed by atoms with van der Waals surface area (Å²) in [6.07, 6.45) is 1.98. The molecule has 152 valence electrons. The number of methoxy groups -OCH3 is 1. The molecule has 4 aromatic rings. The maximum Gasteiger partial charge on any atom is 0.307 e. The first-order chi connectivity index (χ1) is 14.5. The van der Waals surface area contributed by atoms with E-state index < -0.39 is 5.97 Å². The molecule has 0 atom stereocenters. The second-order valence-electron chi connectivity index (χ2n) is 7.30. The van der Waals surface area contributed by atoms with E-state index in [1.165, 1.54) is 0 Å². The molecule has 0 radical (unpaired) electrons. The quantitative estimate of drug-likeness (QED) is 0.469. The van der Waals surface area contributed by atoms with Crippen molar-refractivity contribution in [3.05, 3.63) is 90.1 Å². The Kier molecular flexibility index (Phi) is 5.44. The summed E-state index contributed by atoms with van der Waals surface area (Å²) in [5, 5.41) is 10.2. The highest BCUT2D eigenvalue weighted by Gasteiger charge is 2.12. The zero-order valence-corrected chi connectivity index (χ0v) is 17.1. The van der Waals surface area contributed by atoms with Crippen molar-refractivity contribution in [2.45, 2.75) is 13.0 Å². The van der Waals surface area contributed by atoms with E-state index in [1.807, 2.05) is 67.8 Å². The molecule has 5 nitrogen and oxygen atoms in total. The summed E-state index contributed by atoms with van der Waals surface area (Å²) in [5.74, 6) is 0.0000832. The Morgan fingerprint density at radius 3 is 2.50 bits per heavy atom. The summed E-state index contributed by atoms with van der Waals surface area (Å²) in [6, 6.07) is 24.3. The fraction of sp³-hybridized carbons (Fsp3) is 0.160. The standard InChI is InChI=1S/C25H24N2O3/c1-26(21-9-6-10-22(15-21)30-2)20-8-5-7-18(13-20)16-27-17-19(14-25(28)29)23-11-3-4-12-24(23)27/h3-13,15,17H,14,16H2,1-2H3,(H,28,29). The van der Waals surface area contributed by atoms with Crippen LogP contribution in [0, 0.1) is 0 Å². The first-order valence-electron chi connectivity index (χ1n) is 9.80. The number of rotatable bonds is 7. The van der Waals surface area contributed by atoms with E-state index in [0.717, 1.165) is 39.2 Å². The van der Waals surface area contributed by atoms with E-state index in [-0.39, 0.29) is 6.42 Å². The van der Waals surface area contributed by atoms with Gasteiger partial charge < -0.3 is 19.3 Å². The van der Waals surface area contributed by atoms with Crippen molar-refractivity contribution in [2.75, 3.05) is 19.1 Å². The lowest BCUT2D eigenvalue weighted by atomic mass is 10.1. The van der Waals surface area contributed by atoms with Gasteiger partial charge in [-0.3, -0.25) is 4.79 Å². The second-order valence-corrected chi connectivity index (χ2v) is 7.30. The minimum Gasteiger partial charge on any atom is -0.497 e. The first-order valence-corrected chi connectivity index (χ1v) is 9.80. The number of aliphatic carboxylic acids is 1. The van der Waals surface area contributed by atoms with Crippen molar-refractivity contribution in [3.63, 3.8) is 0 Å². The van der Waals surface area contributed by atoms with Crippen molar-refractivity contribution >= 4 is 28.2 Å². The Morgan fingerprint density at radius 1 is 1.00 bits per heavy atom. The Bertz CT molecular complexity index is 1200. The highest BCUT2D eigenvalue weighted by Crippen LogP contribution is 2.28. The number of ether oxygens (including phenoxy) is 1. The van der Waals surface area contributed by atoms with Crippen molar-refractivity contribution in [1.29, 1.82) is 0 Å². The van der Waals surface area contributed by atoms with Crippen molar-refractivity contribution in [3.8, 4) is 5.75 Å². The lowest BCUT2D eigenvalue weighted by Crippen LogP contribution is -2.10. The maximum atomic E-state index is 11.3. The van der Waals surface area contributed by atoms with Gasteiger partial charge in [0.2, 0.25) is 0 Å². The molecule has 0 saturated carbocycles. The fourth-order valence-corrected chi connectivity index (χ4v) is 3.79. The molecule has 3 aromatic carbocycles. The molecule has 4 rings (SSSR count). The normalized spacial score (nSPS) is 10.9.